The highest BCUT2D eigenvalue weighted by Gasteiger charge is 2.33. The minimum atomic E-state index is -4.49. The van der Waals surface area contributed by atoms with E-state index >= 15 is 0 Å². The maximum atomic E-state index is 13.2. The van der Waals surface area contributed by atoms with Gasteiger partial charge in [-0.05, 0) is 30.3 Å². The van der Waals surface area contributed by atoms with Gasteiger partial charge in [0, 0.05) is 5.56 Å². The fraction of sp³-hybridized carbons (Fsp3) is 0.0667. The van der Waals surface area contributed by atoms with Crippen LogP contribution in [-0.2, 0) is 6.18 Å². The predicted molar refractivity (Wildman–Crippen MR) is 72.2 cm³/mol. The lowest BCUT2D eigenvalue weighted by Gasteiger charge is -2.03. The summed E-state index contributed by atoms with van der Waals surface area (Å²) >= 11 is 0. The van der Waals surface area contributed by atoms with E-state index in [2.05, 4.69) is 10.1 Å². The number of nitrogens with zero attached hydrogens (tertiary/aromatic N) is 2. The van der Waals surface area contributed by atoms with Gasteiger partial charge >= 0.3 is 6.18 Å². The number of aromatic nitrogens is 3. The summed E-state index contributed by atoms with van der Waals surface area (Å²) in [7, 11) is 0. The SMILES string of the molecule is Fc1cccc(-c2cccc(-c3cc(C(F)(F)F)[nH]n3)n2)c1. The Morgan fingerprint density at radius 1 is 0.864 bits per heavy atom. The van der Waals surface area contributed by atoms with E-state index in [0.29, 0.717) is 11.3 Å². The fourth-order valence-electron chi connectivity index (χ4n) is 1.98. The van der Waals surface area contributed by atoms with Crippen molar-refractivity contribution in [2.75, 3.05) is 0 Å². The Kier molecular flexibility index (Phi) is 3.40. The van der Waals surface area contributed by atoms with E-state index < -0.39 is 17.7 Å². The molecule has 0 unspecified atom stereocenters. The van der Waals surface area contributed by atoms with E-state index in [1.807, 2.05) is 5.10 Å². The smallest absolute Gasteiger partial charge is 0.273 e. The lowest BCUT2D eigenvalue weighted by molar-refractivity contribution is -0.141. The van der Waals surface area contributed by atoms with Crippen LogP contribution in [-0.4, -0.2) is 15.2 Å². The minimum absolute atomic E-state index is 0.0746. The van der Waals surface area contributed by atoms with Crippen LogP contribution in [0.5, 0.6) is 0 Å². The number of H-pyrrole nitrogens is 1. The number of aromatic amines is 1. The summed E-state index contributed by atoms with van der Waals surface area (Å²) in [5, 5.41) is 5.56. The minimum Gasteiger partial charge on any atom is -0.273 e. The largest absolute Gasteiger partial charge is 0.432 e. The lowest BCUT2D eigenvalue weighted by atomic mass is 10.1. The summed E-state index contributed by atoms with van der Waals surface area (Å²) in [6, 6.07) is 11.5. The van der Waals surface area contributed by atoms with Gasteiger partial charge in [-0.2, -0.15) is 18.3 Å². The van der Waals surface area contributed by atoms with Gasteiger partial charge in [-0.25, -0.2) is 9.37 Å². The number of pyridine rings is 1. The molecular formula is C15H9F4N3. The number of halogens is 4. The first-order chi connectivity index (χ1) is 10.4. The fourth-order valence-corrected chi connectivity index (χ4v) is 1.98. The summed E-state index contributed by atoms with van der Waals surface area (Å²) in [6.45, 7) is 0. The van der Waals surface area contributed by atoms with Crippen LogP contribution in [0.15, 0.2) is 48.5 Å². The van der Waals surface area contributed by atoms with Crippen LogP contribution in [0.3, 0.4) is 0 Å². The van der Waals surface area contributed by atoms with Crippen molar-refractivity contribution in [1.82, 2.24) is 15.2 Å². The third-order valence-corrected chi connectivity index (χ3v) is 3.02. The summed E-state index contributed by atoms with van der Waals surface area (Å²) in [4.78, 5) is 4.23. The second-order valence-electron chi connectivity index (χ2n) is 4.58. The molecule has 0 saturated heterocycles. The molecule has 0 aliphatic heterocycles. The van der Waals surface area contributed by atoms with Gasteiger partial charge in [0.2, 0.25) is 0 Å². The summed E-state index contributed by atoms with van der Waals surface area (Å²) in [5.41, 5.74) is 0.390. The van der Waals surface area contributed by atoms with Gasteiger partial charge in [0.25, 0.3) is 0 Å². The second-order valence-corrected chi connectivity index (χ2v) is 4.58. The van der Waals surface area contributed by atoms with Gasteiger partial charge in [-0.3, -0.25) is 5.10 Å². The maximum absolute atomic E-state index is 13.2. The number of nitrogens with one attached hydrogen (secondary N) is 1. The molecule has 112 valence electrons. The van der Waals surface area contributed by atoms with Crippen molar-refractivity contribution in [3.8, 4) is 22.6 Å². The van der Waals surface area contributed by atoms with Crippen LogP contribution < -0.4 is 0 Å². The molecule has 1 aromatic carbocycles. The van der Waals surface area contributed by atoms with E-state index in [-0.39, 0.29) is 11.4 Å². The summed E-state index contributed by atoms with van der Waals surface area (Å²) in [6.07, 6.45) is -4.49. The summed E-state index contributed by atoms with van der Waals surface area (Å²) in [5.74, 6) is -0.413. The van der Waals surface area contributed by atoms with Crippen molar-refractivity contribution in [1.29, 1.82) is 0 Å². The van der Waals surface area contributed by atoms with Gasteiger partial charge in [0.05, 0.1) is 11.4 Å². The predicted octanol–water partition coefficient (Wildman–Crippen LogP) is 4.30. The van der Waals surface area contributed by atoms with Crippen LogP contribution in [0, 0.1) is 5.82 Å². The lowest BCUT2D eigenvalue weighted by Crippen LogP contribution is -2.04. The number of hydrogen-bond acceptors (Lipinski definition) is 2. The first kappa shape index (κ1) is 14.2. The molecule has 0 radical (unpaired) electrons. The van der Waals surface area contributed by atoms with Crippen molar-refractivity contribution in [2.45, 2.75) is 6.18 Å². The number of alkyl halides is 3. The molecule has 0 saturated carbocycles. The molecule has 22 heavy (non-hydrogen) atoms. The highest BCUT2D eigenvalue weighted by atomic mass is 19.4. The quantitative estimate of drug-likeness (QED) is 0.717. The maximum Gasteiger partial charge on any atom is 0.432 e. The van der Waals surface area contributed by atoms with Gasteiger partial charge in [0.15, 0.2) is 0 Å². The van der Waals surface area contributed by atoms with E-state index in [1.165, 1.54) is 18.2 Å². The van der Waals surface area contributed by atoms with Crippen molar-refractivity contribution >= 4 is 0 Å². The molecule has 0 spiro atoms. The average Bonchev–Trinajstić information content (AvgIpc) is 2.97. The van der Waals surface area contributed by atoms with Crippen LogP contribution in [0.4, 0.5) is 17.6 Å². The van der Waals surface area contributed by atoms with Crippen molar-refractivity contribution < 1.29 is 17.6 Å². The second kappa shape index (κ2) is 5.25. The zero-order valence-corrected chi connectivity index (χ0v) is 11.0. The molecule has 0 fully saturated rings. The Labute approximate surface area is 122 Å². The molecule has 0 aliphatic carbocycles. The molecule has 3 nitrogen and oxygen atoms in total. The van der Waals surface area contributed by atoms with E-state index in [9.17, 15) is 17.6 Å². The molecule has 3 aromatic rings. The highest BCUT2D eigenvalue weighted by molar-refractivity contribution is 5.64. The van der Waals surface area contributed by atoms with Crippen molar-refractivity contribution in [2.24, 2.45) is 0 Å². The first-order valence-electron chi connectivity index (χ1n) is 6.29. The van der Waals surface area contributed by atoms with Gasteiger partial charge in [-0.1, -0.05) is 18.2 Å². The Morgan fingerprint density at radius 3 is 2.27 bits per heavy atom. The summed E-state index contributed by atoms with van der Waals surface area (Å²) < 4.78 is 51.0. The molecule has 1 N–H and O–H groups in total. The van der Waals surface area contributed by atoms with Gasteiger partial charge in [-0.15, -0.1) is 0 Å². The highest BCUT2D eigenvalue weighted by Crippen LogP contribution is 2.30. The molecular weight excluding hydrogens is 298 g/mol. The zero-order chi connectivity index (χ0) is 15.7. The molecule has 0 atom stereocenters. The topological polar surface area (TPSA) is 41.6 Å². The standard InChI is InChI=1S/C15H9F4N3/c16-10-4-1-3-9(7-10)11-5-2-6-12(20-11)13-8-14(22-21-13)15(17,18)19/h1-8H,(H,21,22). The molecule has 0 aliphatic rings. The Bertz CT molecular complexity index is 808. The van der Waals surface area contributed by atoms with Crippen LogP contribution in [0.25, 0.3) is 22.6 Å². The average molecular weight is 307 g/mol. The third-order valence-electron chi connectivity index (χ3n) is 3.02. The molecule has 2 heterocycles. The van der Waals surface area contributed by atoms with Crippen molar-refractivity contribution in [3.05, 3.63) is 60.0 Å². The Balaban J connectivity index is 1.99. The van der Waals surface area contributed by atoms with E-state index in [4.69, 9.17) is 0 Å². The molecule has 7 heteroatoms. The van der Waals surface area contributed by atoms with Gasteiger partial charge < -0.3 is 0 Å². The van der Waals surface area contributed by atoms with Crippen molar-refractivity contribution in [3.63, 3.8) is 0 Å². The monoisotopic (exact) mass is 307 g/mol. The molecule has 3 rings (SSSR count). The molecule has 2 aromatic heterocycles. The van der Waals surface area contributed by atoms with E-state index in [1.54, 1.807) is 24.3 Å². The molecule has 0 bridgehead atoms. The number of hydrogen-bond donors (Lipinski definition) is 1. The van der Waals surface area contributed by atoms with Crippen LogP contribution >= 0.6 is 0 Å². The Morgan fingerprint density at radius 2 is 1.59 bits per heavy atom. The first-order valence-corrected chi connectivity index (χ1v) is 6.29. The van der Waals surface area contributed by atoms with E-state index in [0.717, 1.165) is 6.07 Å². The Hall–Kier alpha value is -2.70. The third kappa shape index (κ3) is 2.83. The normalized spacial score (nSPS) is 11.6. The van der Waals surface area contributed by atoms with Crippen LogP contribution in [0.2, 0.25) is 0 Å². The zero-order valence-electron chi connectivity index (χ0n) is 11.0. The van der Waals surface area contributed by atoms with Crippen LogP contribution in [0.1, 0.15) is 5.69 Å². The molecule has 0 amide bonds. The number of benzene rings is 1. The van der Waals surface area contributed by atoms with Gasteiger partial charge in [0.1, 0.15) is 17.2 Å². The number of rotatable bonds is 2.